The number of ether oxygens (including phenoxy) is 2. The SMILES string of the molecule is CCOC(=O)c1cnc(OC)c([N+](=O)[O-])c1Cl. The average Bonchev–Trinajstić information content (AvgIpc) is 2.27. The predicted octanol–water partition coefficient (Wildman–Crippen LogP) is 1.83. The van der Waals surface area contributed by atoms with Crippen molar-refractivity contribution in [3.8, 4) is 5.88 Å². The van der Waals surface area contributed by atoms with E-state index in [4.69, 9.17) is 21.1 Å². The number of hydrogen-bond donors (Lipinski definition) is 0. The third kappa shape index (κ3) is 2.62. The van der Waals surface area contributed by atoms with Gasteiger partial charge in [-0.15, -0.1) is 0 Å². The van der Waals surface area contributed by atoms with Gasteiger partial charge in [-0.25, -0.2) is 9.78 Å². The number of methoxy groups -OCH3 is 1. The van der Waals surface area contributed by atoms with Gasteiger partial charge in [0.25, 0.3) is 5.88 Å². The van der Waals surface area contributed by atoms with Gasteiger partial charge < -0.3 is 9.47 Å². The molecule has 1 aromatic rings. The Hall–Kier alpha value is -1.89. The van der Waals surface area contributed by atoms with E-state index in [-0.39, 0.29) is 23.1 Å². The van der Waals surface area contributed by atoms with Gasteiger partial charge in [0, 0.05) is 6.20 Å². The van der Waals surface area contributed by atoms with E-state index < -0.39 is 16.6 Å². The Labute approximate surface area is 101 Å². The van der Waals surface area contributed by atoms with Crippen LogP contribution in [0, 0.1) is 10.1 Å². The Morgan fingerprint density at radius 1 is 1.65 bits per heavy atom. The monoisotopic (exact) mass is 260 g/mol. The molecule has 17 heavy (non-hydrogen) atoms. The standard InChI is InChI=1S/C9H9ClN2O5/c1-3-17-9(13)5-4-11-8(16-2)7(6(5)10)12(14)15/h4H,3H2,1-2H3. The minimum atomic E-state index is -0.768. The maximum absolute atomic E-state index is 11.4. The van der Waals surface area contributed by atoms with Gasteiger partial charge >= 0.3 is 11.7 Å². The van der Waals surface area contributed by atoms with Crippen LogP contribution in [0.4, 0.5) is 5.69 Å². The van der Waals surface area contributed by atoms with Crippen molar-refractivity contribution in [2.75, 3.05) is 13.7 Å². The minimum Gasteiger partial charge on any atom is -0.476 e. The zero-order valence-electron chi connectivity index (χ0n) is 9.10. The highest BCUT2D eigenvalue weighted by atomic mass is 35.5. The molecule has 0 aliphatic heterocycles. The minimum absolute atomic E-state index is 0.134. The van der Waals surface area contributed by atoms with Gasteiger partial charge in [-0.3, -0.25) is 10.1 Å². The van der Waals surface area contributed by atoms with Crippen molar-refractivity contribution in [2.24, 2.45) is 0 Å². The molecular formula is C9H9ClN2O5. The summed E-state index contributed by atoms with van der Waals surface area (Å²) in [6.45, 7) is 1.74. The summed E-state index contributed by atoms with van der Waals surface area (Å²) < 4.78 is 9.38. The molecule has 0 aliphatic carbocycles. The molecule has 0 saturated carbocycles. The molecule has 0 unspecified atom stereocenters. The summed E-state index contributed by atoms with van der Waals surface area (Å²) in [5, 5.41) is 10.4. The van der Waals surface area contributed by atoms with Crippen LogP contribution in [0.5, 0.6) is 5.88 Å². The van der Waals surface area contributed by atoms with E-state index in [1.807, 2.05) is 0 Å². The lowest BCUT2D eigenvalue weighted by Crippen LogP contribution is -2.08. The van der Waals surface area contributed by atoms with E-state index in [1.54, 1.807) is 6.92 Å². The van der Waals surface area contributed by atoms with Crippen molar-refractivity contribution < 1.29 is 19.2 Å². The fourth-order valence-electron chi connectivity index (χ4n) is 1.12. The maximum Gasteiger partial charge on any atom is 0.350 e. The van der Waals surface area contributed by atoms with Crippen LogP contribution in [-0.4, -0.2) is 29.6 Å². The molecule has 0 N–H and O–H groups in total. The molecule has 0 bridgehead atoms. The summed E-state index contributed by atoms with van der Waals surface area (Å²) in [5.41, 5.74) is -0.722. The number of nitro groups is 1. The van der Waals surface area contributed by atoms with E-state index in [9.17, 15) is 14.9 Å². The highest BCUT2D eigenvalue weighted by Crippen LogP contribution is 2.35. The first-order valence-electron chi connectivity index (χ1n) is 4.56. The fourth-order valence-corrected chi connectivity index (χ4v) is 1.40. The first kappa shape index (κ1) is 13.2. The Balaban J connectivity index is 3.32. The second-order valence-electron chi connectivity index (χ2n) is 2.82. The van der Waals surface area contributed by atoms with Gasteiger partial charge in [0.05, 0.1) is 18.6 Å². The lowest BCUT2D eigenvalue weighted by atomic mass is 10.2. The number of pyridine rings is 1. The molecule has 1 aromatic heterocycles. The van der Waals surface area contributed by atoms with Crippen molar-refractivity contribution in [1.82, 2.24) is 4.98 Å². The molecule has 92 valence electrons. The van der Waals surface area contributed by atoms with Crippen LogP contribution in [0.1, 0.15) is 17.3 Å². The van der Waals surface area contributed by atoms with Crippen LogP contribution in [0.15, 0.2) is 6.20 Å². The second-order valence-corrected chi connectivity index (χ2v) is 3.20. The van der Waals surface area contributed by atoms with E-state index in [0.717, 1.165) is 6.20 Å². The van der Waals surface area contributed by atoms with Gasteiger partial charge in [-0.1, -0.05) is 11.6 Å². The maximum atomic E-state index is 11.4. The van der Waals surface area contributed by atoms with Crippen LogP contribution in [-0.2, 0) is 4.74 Å². The zero-order valence-corrected chi connectivity index (χ0v) is 9.85. The van der Waals surface area contributed by atoms with Gasteiger partial charge in [0.1, 0.15) is 10.6 Å². The fraction of sp³-hybridized carbons (Fsp3) is 0.333. The molecule has 0 spiro atoms. The third-order valence-electron chi connectivity index (χ3n) is 1.83. The highest BCUT2D eigenvalue weighted by molar-refractivity contribution is 6.35. The van der Waals surface area contributed by atoms with Crippen molar-refractivity contribution in [2.45, 2.75) is 6.92 Å². The molecule has 0 atom stereocenters. The molecule has 0 aliphatic rings. The number of aromatic nitrogens is 1. The molecule has 1 rings (SSSR count). The predicted molar refractivity (Wildman–Crippen MR) is 58.4 cm³/mol. The molecule has 0 amide bonds. The molecule has 8 heteroatoms. The first-order chi connectivity index (χ1) is 8.02. The zero-order chi connectivity index (χ0) is 13.0. The van der Waals surface area contributed by atoms with E-state index in [2.05, 4.69) is 4.98 Å². The van der Waals surface area contributed by atoms with Crippen LogP contribution in [0.25, 0.3) is 0 Å². The summed E-state index contributed by atoms with van der Waals surface area (Å²) >= 11 is 5.76. The quantitative estimate of drug-likeness (QED) is 0.466. The summed E-state index contributed by atoms with van der Waals surface area (Å²) in [6.07, 6.45) is 1.08. The normalized spacial score (nSPS) is 9.82. The third-order valence-corrected chi connectivity index (χ3v) is 2.21. The Morgan fingerprint density at radius 3 is 2.76 bits per heavy atom. The summed E-state index contributed by atoms with van der Waals surface area (Å²) in [7, 11) is 1.22. The summed E-state index contributed by atoms with van der Waals surface area (Å²) in [6, 6.07) is 0. The average molecular weight is 261 g/mol. The largest absolute Gasteiger partial charge is 0.476 e. The summed E-state index contributed by atoms with van der Waals surface area (Å²) in [5.74, 6) is -1.02. The Bertz CT molecular complexity index is 463. The number of esters is 1. The van der Waals surface area contributed by atoms with Crippen molar-refractivity contribution in [3.63, 3.8) is 0 Å². The Kier molecular flexibility index (Phi) is 4.22. The highest BCUT2D eigenvalue weighted by Gasteiger charge is 2.27. The Morgan fingerprint density at radius 2 is 2.29 bits per heavy atom. The number of hydrogen-bond acceptors (Lipinski definition) is 6. The lowest BCUT2D eigenvalue weighted by Gasteiger charge is -2.06. The van der Waals surface area contributed by atoms with Gasteiger partial charge in [-0.05, 0) is 6.92 Å². The molecule has 1 heterocycles. The van der Waals surface area contributed by atoms with Crippen LogP contribution < -0.4 is 4.74 Å². The van der Waals surface area contributed by atoms with Crippen LogP contribution in [0.2, 0.25) is 5.02 Å². The molecule has 0 fully saturated rings. The first-order valence-corrected chi connectivity index (χ1v) is 4.94. The summed E-state index contributed by atoms with van der Waals surface area (Å²) in [4.78, 5) is 25.1. The molecule has 0 saturated heterocycles. The van der Waals surface area contributed by atoms with Gasteiger partial charge in [-0.2, -0.15) is 0 Å². The van der Waals surface area contributed by atoms with Crippen molar-refractivity contribution >= 4 is 23.3 Å². The van der Waals surface area contributed by atoms with Crippen molar-refractivity contribution in [3.05, 3.63) is 26.9 Å². The van der Waals surface area contributed by atoms with Gasteiger partial charge in [0.15, 0.2) is 0 Å². The number of carbonyl (C=O) groups excluding carboxylic acids is 1. The van der Waals surface area contributed by atoms with Crippen LogP contribution in [0.3, 0.4) is 0 Å². The number of nitrogens with zero attached hydrogens (tertiary/aromatic N) is 2. The number of rotatable bonds is 4. The number of halogens is 1. The van der Waals surface area contributed by atoms with E-state index in [1.165, 1.54) is 7.11 Å². The molecule has 7 nitrogen and oxygen atoms in total. The van der Waals surface area contributed by atoms with Crippen molar-refractivity contribution in [1.29, 1.82) is 0 Å². The molecule has 0 radical (unpaired) electrons. The lowest BCUT2D eigenvalue weighted by molar-refractivity contribution is -0.386. The molecule has 0 aromatic carbocycles. The topological polar surface area (TPSA) is 91.6 Å². The smallest absolute Gasteiger partial charge is 0.350 e. The number of carbonyl (C=O) groups is 1. The van der Waals surface area contributed by atoms with Crippen LogP contribution >= 0.6 is 11.6 Å². The molecular weight excluding hydrogens is 252 g/mol. The van der Waals surface area contributed by atoms with E-state index in [0.29, 0.717) is 0 Å². The van der Waals surface area contributed by atoms with E-state index >= 15 is 0 Å². The second kappa shape index (κ2) is 5.44. The van der Waals surface area contributed by atoms with Gasteiger partial charge in [0.2, 0.25) is 0 Å².